The Morgan fingerprint density at radius 2 is 1.77 bits per heavy atom. The van der Waals surface area contributed by atoms with Crippen LogP contribution in [0, 0.1) is 17.5 Å². The molecule has 0 radical (unpaired) electrons. The summed E-state index contributed by atoms with van der Waals surface area (Å²) in [6, 6.07) is -2.59. The molecule has 0 saturated carbocycles. The maximum Gasteiger partial charge on any atom is 0.491 e. The maximum absolute atomic E-state index is 14.0. The van der Waals surface area contributed by atoms with Crippen LogP contribution < -0.4 is 16.4 Å². The molecule has 40 heavy (non-hydrogen) atoms. The molecule has 0 aromatic heterocycles. The number of rotatable bonds is 8. The van der Waals surface area contributed by atoms with Crippen LogP contribution in [0.4, 0.5) is 39.5 Å². The van der Waals surface area contributed by atoms with E-state index in [1.54, 1.807) is 0 Å². The summed E-state index contributed by atoms with van der Waals surface area (Å²) in [5, 5.41) is 3.46. The SMILES string of the molecule is CCNC(=O)C1(OC(=O)C(F)(F)F)NC(C(F)(F)F)=C2C=NC[C@H](C(=O)CC(N)Cc3cc(F)c(F)cc3F)N21. The molecular formula is C22H20F9N5O4. The molecule has 2 heterocycles. The van der Waals surface area contributed by atoms with Gasteiger partial charge in [-0.05, 0) is 25.0 Å². The predicted molar refractivity (Wildman–Crippen MR) is 116 cm³/mol. The van der Waals surface area contributed by atoms with Crippen LogP contribution in [0.15, 0.2) is 28.5 Å². The first kappa shape index (κ1) is 30.7. The van der Waals surface area contributed by atoms with Crippen molar-refractivity contribution < 1.29 is 58.6 Å². The fourth-order valence-corrected chi connectivity index (χ4v) is 4.11. The lowest BCUT2D eigenvalue weighted by Crippen LogP contribution is -2.70. The van der Waals surface area contributed by atoms with E-state index in [-0.39, 0.29) is 17.5 Å². The number of ether oxygens (including phenoxy) is 1. The standard InChI is InChI=1S/C22H20F9N5O4/c1-2-34-18(38)22(40-19(39)21(29,30)31)35-17(20(26,27)28)15-8-33-7-14(36(15)22)16(37)5-10(32)3-9-4-12(24)13(25)6-11(9)23/h4,6,8,10,14,35H,2-3,5,7,32H2,1H3,(H,34,38)/t10?,14-,22?/m1/s1. The van der Waals surface area contributed by atoms with Crippen molar-refractivity contribution in [2.75, 3.05) is 13.1 Å². The molecule has 2 aliphatic heterocycles. The number of ketones is 1. The lowest BCUT2D eigenvalue weighted by molar-refractivity contribution is -0.232. The smallest absolute Gasteiger partial charge is 0.404 e. The Morgan fingerprint density at radius 3 is 2.35 bits per heavy atom. The second-order valence-electron chi connectivity index (χ2n) is 8.65. The van der Waals surface area contributed by atoms with Crippen molar-refractivity contribution in [2.24, 2.45) is 10.7 Å². The minimum atomic E-state index is -5.76. The third kappa shape index (κ3) is 6.00. The Kier molecular flexibility index (Phi) is 8.43. The van der Waals surface area contributed by atoms with Crippen LogP contribution in [0.1, 0.15) is 18.9 Å². The summed E-state index contributed by atoms with van der Waals surface area (Å²) in [6.07, 6.45) is -12.0. The van der Waals surface area contributed by atoms with Gasteiger partial charge < -0.3 is 21.1 Å². The molecule has 2 aliphatic rings. The van der Waals surface area contributed by atoms with Crippen molar-refractivity contribution in [3.63, 3.8) is 0 Å². The molecule has 1 amide bonds. The quantitative estimate of drug-likeness (QED) is 0.241. The van der Waals surface area contributed by atoms with Gasteiger partial charge in [0.15, 0.2) is 17.4 Å². The number of benzene rings is 1. The minimum Gasteiger partial charge on any atom is -0.404 e. The molecule has 0 bridgehead atoms. The van der Waals surface area contributed by atoms with Crippen LogP contribution in [0.3, 0.4) is 0 Å². The Hall–Kier alpha value is -3.83. The molecular weight excluding hydrogens is 569 g/mol. The zero-order chi connectivity index (χ0) is 30.2. The molecule has 1 aromatic carbocycles. The van der Waals surface area contributed by atoms with E-state index >= 15 is 0 Å². The number of hydrogen-bond donors (Lipinski definition) is 3. The van der Waals surface area contributed by atoms with Gasteiger partial charge in [0.25, 0.3) is 0 Å². The topological polar surface area (TPSA) is 126 Å². The van der Waals surface area contributed by atoms with Crippen LogP contribution in [0.5, 0.6) is 0 Å². The van der Waals surface area contributed by atoms with Crippen LogP contribution in [-0.2, 0) is 25.5 Å². The molecule has 4 N–H and O–H groups in total. The molecule has 9 nitrogen and oxygen atoms in total. The summed E-state index contributed by atoms with van der Waals surface area (Å²) in [6.45, 7) is 0.210. The second kappa shape index (κ2) is 11.0. The summed E-state index contributed by atoms with van der Waals surface area (Å²) >= 11 is 0. The fraction of sp³-hybridized carbons (Fsp3) is 0.455. The maximum atomic E-state index is 14.0. The van der Waals surface area contributed by atoms with Crippen molar-refractivity contribution in [1.29, 1.82) is 0 Å². The molecule has 0 aliphatic carbocycles. The summed E-state index contributed by atoms with van der Waals surface area (Å²) < 4.78 is 126. The number of likely N-dealkylation sites (N-methyl/N-ethyl adjacent to an activating group) is 1. The highest BCUT2D eigenvalue weighted by molar-refractivity contribution is 5.96. The van der Waals surface area contributed by atoms with Crippen molar-refractivity contribution in [3.05, 3.63) is 46.5 Å². The van der Waals surface area contributed by atoms with E-state index in [1.165, 1.54) is 12.2 Å². The second-order valence-corrected chi connectivity index (χ2v) is 8.65. The number of esters is 1. The van der Waals surface area contributed by atoms with Gasteiger partial charge in [-0.1, -0.05) is 0 Å². The molecule has 3 rings (SSSR count). The average Bonchev–Trinajstić information content (AvgIpc) is 3.18. The van der Waals surface area contributed by atoms with E-state index in [4.69, 9.17) is 5.73 Å². The van der Waals surface area contributed by atoms with Crippen LogP contribution in [0.25, 0.3) is 0 Å². The van der Waals surface area contributed by atoms with E-state index < -0.39 is 102 Å². The number of allylic oxidation sites excluding steroid dienone is 2. The van der Waals surface area contributed by atoms with E-state index in [0.29, 0.717) is 12.3 Å². The summed E-state index contributed by atoms with van der Waals surface area (Å²) in [4.78, 5) is 41.8. The fourth-order valence-electron chi connectivity index (χ4n) is 4.11. The highest BCUT2D eigenvalue weighted by Crippen LogP contribution is 2.41. The van der Waals surface area contributed by atoms with E-state index in [0.717, 1.165) is 0 Å². The molecule has 3 atom stereocenters. The van der Waals surface area contributed by atoms with Gasteiger partial charge >= 0.3 is 30.1 Å². The van der Waals surface area contributed by atoms with Crippen LogP contribution in [-0.4, -0.2) is 72.1 Å². The van der Waals surface area contributed by atoms with Crippen molar-refractivity contribution in [2.45, 2.75) is 50.1 Å². The lowest BCUT2D eigenvalue weighted by Gasteiger charge is -2.42. The third-order valence-corrected chi connectivity index (χ3v) is 5.76. The average molecular weight is 589 g/mol. The number of carbonyl (C=O) groups excluding carboxylic acids is 3. The van der Waals surface area contributed by atoms with Crippen molar-refractivity contribution in [1.82, 2.24) is 15.5 Å². The Bertz CT molecular complexity index is 1260. The molecule has 220 valence electrons. The number of nitrogens with zero attached hydrogens (tertiary/aromatic N) is 2. The first-order valence-corrected chi connectivity index (χ1v) is 11.3. The molecule has 0 fully saturated rings. The van der Waals surface area contributed by atoms with E-state index in [1.807, 2.05) is 5.32 Å². The van der Waals surface area contributed by atoms with Gasteiger partial charge in [0.1, 0.15) is 17.6 Å². The van der Waals surface area contributed by atoms with E-state index in [2.05, 4.69) is 9.73 Å². The van der Waals surface area contributed by atoms with Crippen LogP contribution >= 0.6 is 0 Å². The summed E-state index contributed by atoms with van der Waals surface area (Å²) in [5.74, 6) is -13.5. The first-order valence-electron chi connectivity index (χ1n) is 11.3. The predicted octanol–water partition coefficient (Wildman–Crippen LogP) is 1.96. The molecule has 1 aromatic rings. The number of aliphatic imine (C=N–C) groups is 1. The molecule has 18 heteroatoms. The van der Waals surface area contributed by atoms with Gasteiger partial charge in [-0.3, -0.25) is 19.5 Å². The largest absolute Gasteiger partial charge is 0.491 e. The third-order valence-electron chi connectivity index (χ3n) is 5.76. The number of carbonyl (C=O) groups is 3. The molecule has 0 spiro atoms. The van der Waals surface area contributed by atoms with Gasteiger partial charge in [-0.2, -0.15) is 26.3 Å². The van der Waals surface area contributed by atoms with Gasteiger partial charge in [0, 0.05) is 31.3 Å². The van der Waals surface area contributed by atoms with Crippen molar-refractivity contribution in [3.8, 4) is 0 Å². The highest BCUT2D eigenvalue weighted by atomic mass is 19.4. The number of halogens is 9. The van der Waals surface area contributed by atoms with Gasteiger partial charge in [0.2, 0.25) is 0 Å². The number of amides is 1. The first-order chi connectivity index (χ1) is 18.4. The zero-order valence-corrected chi connectivity index (χ0v) is 20.2. The number of Topliss-reactive ketones (excluding diaryl/α,β-unsaturated/α-hetero) is 1. The zero-order valence-electron chi connectivity index (χ0n) is 20.2. The normalized spacial score (nSPS) is 21.6. The number of fused-ring (bicyclic) bond motifs is 1. The number of hydrogen-bond acceptors (Lipinski definition) is 8. The Morgan fingerprint density at radius 1 is 1.15 bits per heavy atom. The summed E-state index contributed by atoms with van der Waals surface area (Å²) in [5.41, 5.74) is 2.48. The Labute approximate surface area is 219 Å². The van der Waals surface area contributed by atoms with Gasteiger partial charge in [-0.25, -0.2) is 18.0 Å². The minimum absolute atomic E-state index is 0.213. The Balaban J connectivity index is 2.02. The van der Waals surface area contributed by atoms with Gasteiger partial charge in [-0.15, -0.1) is 0 Å². The summed E-state index contributed by atoms with van der Waals surface area (Å²) in [7, 11) is 0. The van der Waals surface area contributed by atoms with Crippen LogP contribution in [0.2, 0.25) is 0 Å². The number of nitrogens with two attached hydrogens (primary N) is 1. The molecule has 0 saturated heterocycles. The van der Waals surface area contributed by atoms with Gasteiger partial charge in [0.05, 0.1) is 12.2 Å². The monoisotopic (exact) mass is 589 g/mol. The van der Waals surface area contributed by atoms with E-state index in [9.17, 15) is 53.9 Å². The number of alkyl halides is 6. The number of nitrogens with one attached hydrogen (secondary N) is 2. The molecule has 2 unspecified atom stereocenters. The lowest BCUT2D eigenvalue weighted by atomic mass is 9.96. The van der Waals surface area contributed by atoms with Crippen molar-refractivity contribution >= 4 is 23.9 Å². The highest BCUT2D eigenvalue weighted by Gasteiger charge is 2.64.